The van der Waals surface area contributed by atoms with Crippen molar-refractivity contribution in [3.8, 4) is 0 Å². The first-order chi connectivity index (χ1) is 9.06. The number of aryl methyl sites for hydroxylation is 1. The molecular weight excluding hydrogens is 284 g/mol. The maximum Gasteiger partial charge on any atom is 0.242 e. The smallest absolute Gasteiger partial charge is 0.242 e. The third-order valence-corrected chi connectivity index (χ3v) is 5.98. The second-order valence-corrected chi connectivity index (χ2v) is 7.61. The van der Waals surface area contributed by atoms with E-state index >= 15 is 0 Å². The van der Waals surface area contributed by atoms with Gasteiger partial charge in [-0.3, -0.25) is 0 Å². The quantitative estimate of drug-likeness (QED) is 0.823. The highest BCUT2D eigenvalue weighted by atomic mass is 32.2. The lowest BCUT2D eigenvalue weighted by Gasteiger charge is -2.09. The molecule has 0 spiro atoms. The highest BCUT2D eigenvalue weighted by molar-refractivity contribution is 7.99. The fraction of sp³-hybridized carbons (Fsp3) is 0.667. The molecule has 19 heavy (non-hydrogen) atoms. The topological polar surface area (TPSA) is 71.3 Å². The lowest BCUT2D eigenvalue weighted by atomic mass is 10.1. The predicted octanol–water partition coefficient (Wildman–Crippen LogP) is 1.03. The summed E-state index contributed by atoms with van der Waals surface area (Å²) in [4.78, 5) is 0.240. The molecule has 1 atom stereocenters. The maximum absolute atomic E-state index is 12.2. The molecule has 0 aromatic carbocycles. The van der Waals surface area contributed by atoms with Crippen LogP contribution in [-0.4, -0.2) is 36.1 Å². The third kappa shape index (κ3) is 3.53. The normalized spacial score (nSPS) is 20.0. The van der Waals surface area contributed by atoms with Gasteiger partial charge >= 0.3 is 0 Å². The summed E-state index contributed by atoms with van der Waals surface area (Å²) in [5.74, 6) is 2.58. The zero-order chi connectivity index (χ0) is 13.9. The number of nitrogens with one attached hydrogen (secondary N) is 1. The van der Waals surface area contributed by atoms with Crippen LogP contribution in [0.5, 0.6) is 0 Å². The number of thioether (sulfide) groups is 1. The van der Waals surface area contributed by atoms with Crippen molar-refractivity contribution in [3.05, 3.63) is 18.0 Å². The lowest BCUT2D eigenvalue weighted by Crippen LogP contribution is -2.29. The molecule has 7 heteroatoms. The van der Waals surface area contributed by atoms with Crippen LogP contribution in [0.4, 0.5) is 0 Å². The average molecular weight is 304 g/mol. The van der Waals surface area contributed by atoms with Gasteiger partial charge in [-0.2, -0.15) is 11.8 Å². The number of aliphatic hydroxyl groups is 1. The zero-order valence-corrected chi connectivity index (χ0v) is 12.6. The van der Waals surface area contributed by atoms with E-state index in [4.69, 9.17) is 0 Å². The van der Waals surface area contributed by atoms with Crippen LogP contribution in [0.2, 0.25) is 0 Å². The molecule has 2 heterocycles. The van der Waals surface area contributed by atoms with Gasteiger partial charge in [-0.25, -0.2) is 13.1 Å². The first-order valence-electron chi connectivity index (χ1n) is 6.44. The minimum atomic E-state index is -3.46. The van der Waals surface area contributed by atoms with Crippen molar-refractivity contribution >= 4 is 21.8 Å². The van der Waals surface area contributed by atoms with Gasteiger partial charge in [-0.15, -0.1) is 0 Å². The average Bonchev–Trinajstić information content (AvgIpc) is 3.05. The van der Waals surface area contributed by atoms with Crippen LogP contribution in [0, 0.1) is 5.92 Å². The van der Waals surface area contributed by atoms with Crippen molar-refractivity contribution in [2.24, 2.45) is 5.92 Å². The molecule has 1 aromatic heterocycles. The Labute approximate surface area is 118 Å². The first kappa shape index (κ1) is 14.9. The summed E-state index contributed by atoms with van der Waals surface area (Å²) in [6, 6.07) is 1.54. The van der Waals surface area contributed by atoms with E-state index in [2.05, 4.69) is 4.72 Å². The highest BCUT2D eigenvalue weighted by Gasteiger charge is 2.21. The summed E-state index contributed by atoms with van der Waals surface area (Å²) in [6.07, 6.45) is 2.66. The van der Waals surface area contributed by atoms with Crippen molar-refractivity contribution in [2.75, 3.05) is 18.1 Å². The molecule has 1 unspecified atom stereocenters. The van der Waals surface area contributed by atoms with Gasteiger partial charge < -0.3 is 9.67 Å². The molecule has 1 aliphatic heterocycles. The van der Waals surface area contributed by atoms with E-state index in [1.165, 1.54) is 6.07 Å². The van der Waals surface area contributed by atoms with Gasteiger partial charge in [0, 0.05) is 25.0 Å². The van der Waals surface area contributed by atoms with E-state index in [0.717, 1.165) is 17.9 Å². The number of aliphatic hydroxyl groups excluding tert-OH is 1. The van der Waals surface area contributed by atoms with Crippen LogP contribution < -0.4 is 4.72 Å². The van der Waals surface area contributed by atoms with Gasteiger partial charge in [0.1, 0.15) is 0 Å². The van der Waals surface area contributed by atoms with Gasteiger partial charge in [-0.05, 0) is 36.8 Å². The number of sulfonamides is 1. The summed E-state index contributed by atoms with van der Waals surface area (Å²) in [6.45, 7) is 2.91. The Morgan fingerprint density at radius 1 is 1.58 bits per heavy atom. The fourth-order valence-electron chi connectivity index (χ4n) is 2.15. The van der Waals surface area contributed by atoms with E-state index in [9.17, 15) is 13.5 Å². The van der Waals surface area contributed by atoms with Crippen molar-refractivity contribution in [1.29, 1.82) is 0 Å². The van der Waals surface area contributed by atoms with Crippen LogP contribution in [0.25, 0.3) is 0 Å². The number of rotatable bonds is 6. The number of nitrogens with zero attached hydrogens (tertiary/aromatic N) is 1. The van der Waals surface area contributed by atoms with Crippen molar-refractivity contribution in [1.82, 2.24) is 9.29 Å². The lowest BCUT2D eigenvalue weighted by molar-refractivity contribution is 0.271. The van der Waals surface area contributed by atoms with Crippen LogP contribution >= 0.6 is 11.8 Å². The second-order valence-electron chi connectivity index (χ2n) is 4.69. The third-order valence-electron chi connectivity index (χ3n) is 3.36. The molecule has 2 N–H and O–H groups in total. The molecule has 0 aliphatic carbocycles. The molecule has 5 nitrogen and oxygen atoms in total. The molecule has 1 aliphatic rings. The molecule has 108 valence electrons. The second kappa shape index (κ2) is 6.30. The molecule has 0 bridgehead atoms. The van der Waals surface area contributed by atoms with Crippen molar-refractivity contribution < 1.29 is 13.5 Å². The van der Waals surface area contributed by atoms with Crippen LogP contribution in [0.3, 0.4) is 0 Å². The summed E-state index contributed by atoms with van der Waals surface area (Å²) in [5, 5.41) is 9.19. The van der Waals surface area contributed by atoms with Gasteiger partial charge in [0.15, 0.2) is 0 Å². The van der Waals surface area contributed by atoms with E-state index in [0.29, 0.717) is 24.7 Å². The van der Waals surface area contributed by atoms with Gasteiger partial charge in [0.25, 0.3) is 0 Å². The van der Waals surface area contributed by atoms with E-state index in [1.807, 2.05) is 18.7 Å². The first-order valence-corrected chi connectivity index (χ1v) is 9.08. The number of hydrogen-bond acceptors (Lipinski definition) is 4. The number of hydrogen-bond donors (Lipinski definition) is 2. The van der Waals surface area contributed by atoms with E-state index in [1.54, 1.807) is 10.8 Å². The van der Waals surface area contributed by atoms with E-state index < -0.39 is 10.0 Å². The van der Waals surface area contributed by atoms with Gasteiger partial charge in [0.05, 0.1) is 11.5 Å². The van der Waals surface area contributed by atoms with Gasteiger partial charge in [-0.1, -0.05) is 0 Å². The Morgan fingerprint density at radius 2 is 2.37 bits per heavy atom. The zero-order valence-electron chi connectivity index (χ0n) is 11.0. The maximum atomic E-state index is 12.2. The molecule has 1 fully saturated rings. The van der Waals surface area contributed by atoms with Crippen LogP contribution in [-0.2, 0) is 23.2 Å². The van der Waals surface area contributed by atoms with E-state index in [-0.39, 0.29) is 11.5 Å². The standard InChI is InChI=1S/C12H20N2O3S2/c1-2-14-7-12(5-11(14)8-15)19(16,17)13-6-10-3-4-18-9-10/h5,7,10,13,15H,2-4,6,8-9H2,1H3. The summed E-state index contributed by atoms with van der Waals surface area (Å²) < 4.78 is 28.8. The van der Waals surface area contributed by atoms with Crippen LogP contribution in [0.1, 0.15) is 19.0 Å². The largest absolute Gasteiger partial charge is 0.390 e. The Morgan fingerprint density at radius 3 is 2.89 bits per heavy atom. The van der Waals surface area contributed by atoms with Gasteiger partial charge in [0.2, 0.25) is 10.0 Å². The number of aromatic nitrogens is 1. The Kier molecular flexibility index (Phi) is 4.94. The molecule has 1 saturated heterocycles. The SMILES string of the molecule is CCn1cc(S(=O)(=O)NCC2CCSC2)cc1CO. The fourth-order valence-corrected chi connectivity index (χ4v) is 4.62. The molecule has 1 aromatic rings. The molecule has 0 saturated carbocycles. The molecule has 0 radical (unpaired) electrons. The summed E-state index contributed by atoms with van der Waals surface area (Å²) in [5.41, 5.74) is 0.624. The summed E-state index contributed by atoms with van der Waals surface area (Å²) in [7, 11) is -3.46. The Hall–Kier alpha value is -0.500. The predicted molar refractivity (Wildman–Crippen MR) is 76.6 cm³/mol. The minimum absolute atomic E-state index is 0.150. The van der Waals surface area contributed by atoms with Crippen LogP contribution in [0.15, 0.2) is 17.2 Å². The Balaban J connectivity index is 2.07. The molecule has 2 rings (SSSR count). The molecular formula is C12H20N2O3S2. The minimum Gasteiger partial charge on any atom is -0.390 e. The Bertz CT molecular complexity index is 498. The summed E-state index contributed by atoms with van der Waals surface area (Å²) >= 11 is 1.87. The highest BCUT2D eigenvalue weighted by Crippen LogP contribution is 2.23. The van der Waals surface area contributed by atoms with Crippen molar-refractivity contribution in [3.63, 3.8) is 0 Å². The monoisotopic (exact) mass is 304 g/mol. The molecule has 0 amide bonds. The van der Waals surface area contributed by atoms with Crippen molar-refractivity contribution in [2.45, 2.75) is 31.4 Å².